The average molecular weight is 282 g/mol. The minimum atomic E-state index is -0.582. The van der Waals surface area contributed by atoms with E-state index in [0.29, 0.717) is 5.02 Å². The summed E-state index contributed by atoms with van der Waals surface area (Å²) in [6.45, 7) is 9.93. The summed E-state index contributed by atoms with van der Waals surface area (Å²) in [7, 11) is 0. The zero-order valence-corrected chi connectivity index (χ0v) is 12.8. The molecule has 4 heteroatoms. The van der Waals surface area contributed by atoms with Crippen LogP contribution in [0.1, 0.15) is 46.2 Å². The molecule has 1 heterocycles. The molecule has 3 nitrogen and oxygen atoms in total. The molecule has 0 N–H and O–H groups in total. The maximum Gasteiger partial charge on any atom is 0.332 e. The number of benzene rings is 1. The maximum atomic E-state index is 12.1. The monoisotopic (exact) mass is 281 g/mol. The molecule has 1 aromatic rings. The number of hydrogen-bond acceptors (Lipinski definition) is 3. The summed E-state index contributed by atoms with van der Waals surface area (Å²) < 4.78 is 0. The van der Waals surface area contributed by atoms with E-state index in [0.717, 1.165) is 5.56 Å². The average Bonchev–Trinajstić information content (AvgIpc) is 2.52. The molecule has 1 aliphatic rings. The van der Waals surface area contributed by atoms with E-state index in [1.807, 2.05) is 58.9 Å². The molecule has 0 amide bonds. The van der Waals surface area contributed by atoms with E-state index in [1.54, 1.807) is 5.06 Å². The second-order valence-electron chi connectivity index (χ2n) is 6.55. The number of hydroxylamine groups is 2. The van der Waals surface area contributed by atoms with Crippen LogP contribution in [0.3, 0.4) is 0 Å². The zero-order valence-electron chi connectivity index (χ0n) is 12.0. The van der Waals surface area contributed by atoms with E-state index in [2.05, 4.69) is 0 Å². The highest BCUT2D eigenvalue weighted by molar-refractivity contribution is 6.30. The van der Waals surface area contributed by atoms with E-state index in [9.17, 15) is 4.79 Å². The third kappa shape index (κ3) is 2.49. The Labute approximate surface area is 119 Å². The summed E-state index contributed by atoms with van der Waals surface area (Å²) in [5.41, 5.74) is 0.199. The van der Waals surface area contributed by atoms with Gasteiger partial charge in [-0.1, -0.05) is 23.7 Å². The van der Waals surface area contributed by atoms with Gasteiger partial charge >= 0.3 is 5.97 Å². The van der Waals surface area contributed by atoms with Crippen LogP contribution in [-0.2, 0) is 9.63 Å². The molecule has 0 radical (unpaired) electrons. The van der Waals surface area contributed by atoms with Gasteiger partial charge < -0.3 is 4.84 Å². The quantitative estimate of drug-likeness (QED) is 0.780. The van der Waals surface area contributed by atoms with Crippen molar-refractivity contribution in [1.29, 1.82) is 0 Å². The molecule has 0 aliphatic carbocycles. The molecule has 2 rings (SSSR count). The van der Waals surface area contributed by atoms with Crippen molar-refractivity contribution in [3.8, 4) is 0 Å². The molecule has 0 aromatic heterocycles. The molecule has 1 fully saturated rings. The summed E-state index contributed by atoms with van der Waals surface area (Å²) in [6, 6.07) is 7.48. The Morgan fingerprint density at radius 3 is 2.21 bits per heavy atom. The van der Waals surface area contributed by atoms with Gasteiger partial charge in [0.2, 0.25) is 0 Å². The molecule has 1 saturated heterocycles. The van der Waals surface area contributed by atoms with Crippen LogP contribution in [-0.4, -0.2) is 16.6 Å². The molecule has 0 spiro atoms. The maximum absolute atomic E-state index is 12.1. The van der Waals surface area contributed by atoms with Crippen molar-refractivity contribution in [1.82, 2.24) is 5.06 Å². The first-order valence-electron chi connectivity index (χ1n) is 6.41. The predicted molar refractivity (Wildman–Crippen MR) is 75.7 cm³/mol. The first-order chi connectivity index (χ1) is 8.64. The van der Waals surface area contributed by atoms with Crippen LogP contribution >= 0.6 is 11.6 Å². The Balaban J connectivity index is 2.48. The Hall–Kier alpha value is -1.06. The third-order valence-corrected chi connectivity index (χ3v) is 3.72. The number of carbonyl (C=O) groups is 1. The van der Waals surface area contributed by atoms with Gasteiger partial charge in [0.1, 0.15) is 0 Å². The molecular weight excluding hydrogens is 262 g/mol. The first-order valence-corrected chi connectivity index (χ1v) is 6.79. The van der Waals surface area contributed by atoms with Crippen LogP contribution in [0.15, 0.2) is 24.3 Å². The lowest BCUT2D eigenvalue weighted by molar-refractivity contribution is -0.200. The Morgan fingerprint density at radius 1 is 1.21 bits per heavy atom. The number of hydrogen-bond donors (Lipinski definition) is 0. The Kier molecular flexibility index (Phi) is 3.40. The molecule has 104 valence electrons. The minimum Gasteiger partial charge on any atom is -0.366 e. The standard InChI is InChI=1S/C15H20ClNO2/c1-14(2,3)17-12(15(4,5)13(18)19-17)10-6-8-11(16)9-7-10/h6-9,12H,1-5H3/t12-/m1/s1. The van der Waals surface area contributed by atoms with Gasteiger partial charge in [0.15, 0.2) is 0 Å². The van der Waals surface area contributed by atoms with Gasteiger partial charge in [-0.05, 0) is 52.3 Å². The number of rotatable bonds is 1. The van der Waals surface area contributed by atoms with Crippen molar-refractivity contribution in [2.45, 2.75) is 46.2 Å². The topological polar surface area (TPSA) is 29.5 Å². The molecule has 1 atom stereocenters. The molecular formula is C15H20ClNO2. The van der Waals surface area contributed by atoms with Gasteiger partial charge in [-0.3, -0.25) is 0 Å². The number of carbonyl (C=O) groups excluding carboxylic acids is 1. The fourth-order valence-corrected chi connectivity index (χ4v) is 2.51. The van der Waals surface area contributed by atoms with E-state index in [-0.39, 0.29) is 17.6 Å². The zero-order chi connectivity index (χ0) is 14.4. The smallest absolute Gasteiger partial charge is 0.332 e. The second kappa shape index (κ2) is 4.50. The lowest BCUT2D eigenvalue weighted by Gasteiger charge is -2.36. The van der Waals surface area contributed by atoms with Crippen LogP contribution in [0.5, 0.6) is 0 Å². The summed E-state index contributed by atoms with van der Waals surface area (Å²) in [5.74, 6) is -0.192. The molecule has 19 heavy (non-hydrogen) atoms. The SMILES string of the molecule is CC1(C)C(=O)ON(C(C)(C)C)[C@@H]1c1ccc(Cl)cc1. The van der Waals surface area contributed by atoms with Gasteiger partial charge in [-0.15, -0.1) is 5.06 Å². The van der Waals surface area contributed by atoms with Crippen LogP contribution in [0.25, 0.3) is 0 Å². The van der Waals surface area contributed by atoms with Gasteiger partial charge in [0.05, 0.1) is 11.5 Å². The Bertz CT molecular complexity index is 488. The highest BCUT2D eigenvalue weighted by atomic mass is 35.5. The second-order valence-corrected chi connectivity index (χ2v) is 6.99. The van der Waals surface area contributed by atoms with Crippen molar-refractivity contribution >= 4 is 17.6 Å². The normalized spacial score (nSPS) is 23.5. The lowest BCUT2D eigenvalue weighted by Crippen LogP contribution is -2.41. The third-order valence-electron chi connectivity index (χ3n) is 3.47. The summed E-state index contributed by atoms with van der Waals surface area (Å²) in [4.78, 5) is 17.6. The molecule has 0 saturated carbocycles. The predicted octanol–water partition coefficient (Wildman–Crippen LogP) is 3.98. The molecule has 1 aromatic carbocycles. The van der Waals surface area contributed by atoms with E-state index < -0.39 is 5.41 Å². The fraction of sp³-hybridized carbons (Fsp3) is 0.533. The van der Waals surface area contributed by atoms with Crippen molar-refractivity contribution in [3.05, 3.63) is 34.9 Å². The van der Waals surface area contributed by atoms with Crippen molar-refractivity contribution in [3.63, 3.8) is 0 Å². The van der Waals surface area contributed by atoms with Gasteiger partial charge in [0, 0.05) is 10.6 Å². The molecule has 0 bridgehead atoms. The first kappa shape index (κ1) is 14.4. The summed E-state index contributed by atoms with van der Waals surface area (Å²) in [6.07, 6.45) is 0. The van der Waals surface area contributed by atoms with E-state index in [1.165, 1.54) is 0 Å². The van der Waals surface area contributed by atoms with Gasteiger partial charge in [-0.2, -0.15) is 0 Å². The number of halogens is 1. The van der Waals surface area contributed by atoms with Crippen molar-refractivity contribution < 1.29 is 9.63 Å². The van der Waals surface area contributed by atoms with E-state index >= 15 is 0 Å². The van der Waals surface area contributed by atoms with Crippen LogP contribution in [0, 0.1) is 5.41 Å². The van der Waals surface area contributed by atoms with Crippen LogP contribution < -0.4 is 0 Å². The lowest BCUT2D eigenvalue weighted by atomic mass is 9.80. The van der Waals surface area contributed by atoms with E-state index in [4.69, 9.17) is 16.4 Å². The number of nitrogens with zero attached hydrogens (tertiary/aromatic N) is 1. The fourth-order valence-electron chi connectivity index (χ4n) is 2.39. The Morgan fingerprint density at radius 2 is 1.74 bits per heavy atom. The van der Waals surface area contributed by atoms with Crippen molar-refractivity contribution in [2.75, 3.05) is 0 Å². The summed E-state index contributed by atoms with van der Waals surface area (Å²) >= 11 is 5.93. The van der Waals surface area contributed by atoms with Gasteiger partial charge in [0.25, 0.3) is 0 Å². The molecule has 1 aliphatic heterocycles. The molecule has 0 unspecified atom stereocenters. The highest BCUT2D eigenvalue weighted by Crippen LogP contribution is 2.48. The van der Waals surface area contributed by atoms with Crippen LogP contribution in [0.2, 0.25) is 5.02 Å². The minimum absolute atomic E-state index is 0.114. The van der Waals surface area contributed by atoms with Crippen molar-refractivity contribution in [2.24, 2.45) is 5.41 Å². The summed E-state index contributed by atoms with van der Waals surface area (Å²) in [5, 5.41) is 2.48. The largest absolute Gasteiger partial charge is 0.366 e. The van der Waals surface area contributed by atoms with Crippen LogP contribution in [0.4, 0.5) is 0 Å². The highest BCUT2D eigenvalue weighted by Gasteiger charge is 2.54. The van der Waals surface area contributed by atoms with Gasteiger partial charge in [-0.25, -0.2) is 4.79 Å².